The Morgan fingerprint density at radius 1 is 1.03 bits per heavy atom. The van der Waals surface area contributed by atoms with Gasteiger partial charge in [-0.25, -0.2) is 0 Å². The maximum atomic E-state index is 11.9. The molecule has 0 radical (unpaired) electrons. The molecule has 0 amide bonds. The lowest BCUT2D eigenvalue weighted by Crippen LogP contribution is -2.56. The fourth-order valence-electron chi connectivity index (χ4n) is 8.77. The molecule has 7 atom stereocenters. The minimum absolute atomic E-state index is 0.0558. The highest BCUT2D eigenvalue weighted by molar-refractivity contribution is 5.84. The normalized spacial score (nSPS) is 43.5. The van der Waals surface area contributed by atoms with Crippen molar-refractivity contribution in [2.24, 2.45) is 39.5 Å². The van der Waals surface area contributed by atoms with Crippen LogP contribution in [0.3, 0.4) is 0 Å². The Kier molecular flexibility index (Phi) is 5.59. The molecule has 4 nitrogen and oxygen atoms in total. The van der Waals surface area contributed by atoms with Crippen molar-refractivity contribution in [3.63, 3.8) is 0 Å². The number of para-hydroxylation sites is 1. The summed E-state index contributed by atoms with van der Waals surface area (Å²) in [6.07, 6.45) is 14.5. The Morgan fingerprint density at radius 2 is 1.84 bits per heavy atom. The van der Waals surface area contributed by atoms with Gasteiger partial charge in [0.05, 0.1) is 19.3 Å². The van der Waals surface area contributed by atoms with Crippen LogP contribution in [0, 0.1) is 34.5 Å². The van der Waals surface area contributed by atoms with Crippen LogP contribution in [0.15, 0.2) is 23.2 Å². The van der Waals surface area contributed by atoms with Gasteiger partial charge in [0.25, 0.3) is 0 Å². The van der Waals surface area contributed by atoms with E-state index in [1.54, 1.807) is 19.4 Å². The number of benzene rings is 1. The third-order valence-corrected chi connectivity index (χ3v) is 10.7. The van der Waals surface area contributed by atoms with E-state index in [1.165, 1.54) is 44.9 Å². The molecule has 32 heavy (non-hydrogen) atoms. The molecule has 0 unspecified atom stereocenters. The molecule has 0 bridgehead atoms. The molecule has 0 aromatic heterocycles. The first-order valence-corrected chi connectivity index (χ1v) is 12.9. The number of rotatable bonds is 4. The Bertz CT molecular complexity index is 883. The van der Waals surface area contributed by atoms with E-state index >= 15 is 0 Å². The van der Waals surface area contributed by atoms with E-state index in [4.69, 9.17) is 4.74 Å². The lowest BCUT2D eigenvalue weighted by Gasteiger charge is -2.61. The van der Waals surface area contributed by atoms with Crippen LogP contribution in [0.1, 0.15) is 83.6 Å². The van der Waals surface area contributed by atoms with E-state index < -0.39 is 5.60 Å². The van der Waals surface area contributed by atoms with Crippen molar-refractivity contribution >= 4 is 6.21 Å². The Morgan fingerprint density at radius 3 is 2.66 bits per heavy atom. The molecule has 4 aliphatic carbocycles. The summed E-state index contributed by atoms with van der Waals surface area (Å²) in [6.45, 7) is 5.38. The summed E-state index contributed by atoms with van der Waals surface area (Å²) in [5.74, 6) is 3.73. The van der Waals surface area contributed by atoms with Crippen molar-refractivity contribution < 1.29 is 14.9 Å². The number of hydrogen-bond acceptors (Lipinski definition) is 4. The van der Waals surface area contributed by atoms with Gasteiger partial charge in [0.2, 0.25) is 0 Å². The van der Waals surface area contributed by atoms with Gasteiger partial charge in [0.1, 0.15) is 0 Å². The zero-order valence-corrected chi connectivity index (χ0v) is 20.1. The van der Waals surface area contributed by atoms with Gasteiger partial charge in [-0.2, -0.15) is 0 Å². The molecule has 176 valence electrons. The van der Waals surface area contributed by atoms with Gasteiger partial charge in [-0.15, -0.1) is 0 Å². The predicted octanol–water partition coefficient (Wildman–Crippen LogP) is 5.98. The first-order chi connectivity index (χ1) is 15.3. The van der Waals surface area contributed by atoms with Crippen LogP contribution < -0.4 is 4.74 Å². The number of aromatic hydroxyl groups is 1. The molecule has 4 saturated carbocycles. The SMILES string of the molecule is COc1cccc(C=NC[C@]2(O)CC[C@H]3[C@@H]4CC[C@H]5CCCC[C@]5(C)[C@H]4CC[C@@]32C)c1O. The van der Waals surface area contributed by atoms with Crippen LogP contribution in [-0.4, -0.2) is 35.7 Å². The van der Waals surface area contributed by atoms with E-state index in [-0.39, 0.29) is 11.2 Å². The van der Waals surface area contributed by atoms with Crippen molar-refractivity contribution in [2.75, 3.05) is 13.7 Å². The van der Waals surface area contributed by atoms with Crippen LogP contribution >= 0.6 is 0 Å². The van der Waals surface area contributed by atoms with Crippen molar-refractivity contribution in [1.29, 1.82) is 0 Å². The summed E-state index contributed by atoms with van der Waals surface area (Å²) >= 11 is 0. The van der Waals surface area contributed by atoms with Gasteiger partial charge < -0.3 is 14.9 Å². The van der Waals surface area contributed by atoms with Crippen LogP contribution in [0.4, 0.5) is 0 Å². The number of phenolic OH excluding ortho intramolecular Hbond substituents is 1. The monoisotopic (exact) mass is 439 g/mol. The fourth-order valence-corrected chi connectivity index (χ4v) is 8.77. The molecule has 0 heterocycles. The molecular formula is C28H41NO3. The van der Waals surface area contributed by atoms with E-state index in [9.17, 15) is 10.2 Å². The summed E-state index contributed by atoms with van der Waals surface area (Å²) < 4.78 is 5.21. The Balaban J connectivity index is 1.34. The van der Waals surface area contributed by atoms with Crippen molar-refractivity contribution in [3.8, 4) is 11.5 Å². The molecule has 4 aliphatic rings. The quantitative estimate of drug-likeness (QED) is 0.567. The van der Waals surface area contributed by atoms with E-state index in [0.717, 1.165) is 37.0 Å². The second kappa shape index (κ2) is 8.04. The number of phenols is 1. The Labute approximate surface area is 193 Å². The van der Waals surface area contributed by atoms with Gasteiger partial charge in [-0.3, -0.25) is 4.99 Å². The molecule has 5 rings (SSSR count). The van der Waals surface area contributed by atoms with E-state index in [0.29, 0.717) is 29.2 Å². The van der Waals surface area contributed by atoms with Gasteiger partial charge in [-0.1, -0.05) is 32.8 Å². The molecule has 2 N–H and O–H groups in total. The topological polar surface area (TPSA) is 62.0 Å². The van der Waals surface area contributed by atoms with Crippen molar-refractivity contribution in [2.45, 2.75) is 83.7 Å². The second-order valence-corrected chi connectivity index (χ2v) is 11.8. The van der Waals surface area contributed by atoms with Crippen LogP contribution in [0.25, 0.3) is 0 Å². The van der Waals surface area contributed by atoms with Crippen molar-refractivity contribution in [1.82, 2.24) is 0 Å². The first-order valence-electron chi connectivity index (χ1n) is 12.9. The number of aliphatic imine (C=N–C) groups is 1. The van der Waals surface area contributed by atoms with Gasteiger partial charge >= 0.3 is 0 Å². The number of ether oxygens (including phenoxy) is 1. The summed E-state index contributed by atoms with van der Waals surface area (Å²) in [7, 11) is 1.55. The number of hydrogen-bond donors (Lipinski definition) is 2. The standard InChI is InChI=1S/C28H41NO3/c1-26-14-5-4-8-20(26)10-11-21-22(26)12-15-27(2)23(21)13-16-28(27,31)18-29-17-19-7-6-9-24(32-3)25(19)30/h6-7,9,17,20-23,30-31H,4-5,8,10-16,18H2,1-3H3/t20-,21-,22+,23+,26+,27+,28-/m1/s1. The van der Waals surface area contributed by atoms with Gasteiger partial charge in [-0.05, 0) is 92.6 Å². The minimum Gasteiger partial charge on any atom is -0.504 e. The number of nitrogens with zero attached hydrogens (tertiary/aromatic N) is 1. The third kappa shape index (κ3) is 3.23. The second-order valence-electron chi connectivity index (χ2n) is 11.8. The maximum absolute atomic E-state index is 11.9. The van der Waals surface area contributed by atoms with Gasteiger partial charge in [0, 0.05) is 17.2 Å². The molecule has 4 fully saturated rings. The lowest BCUT2D eigenvalue weighted by atomic mass is 9.44. The van der Waals surface area contributed by atoms with E-state index in [2.05, 4.69) is 18.8 Å². The number of aliphatic hydroxyl groups is 1. The molecule has 1 aromatic rings. The lowest BCUT2D eigenvalue weighted by molar-refractivity contribution is -0.147. The number of fused-ring (bicyclic) bond motifs is 5. The molecule has 4 heteroatoms. The smallest absolute Gasteiger partial charge is 0.166 e. The van der Waals surface area contributed by atoms with Crippen LogP contribution in [0.2, 0.25) is 0 Å². The zero-order chi connectivity index (χ0) is 22.6. The molecular weight excluding hydrogens is 398 g/mol. The first kappa shape index (κ1) is 22.3. The highest BCUT2D eigenvalue weighted by atomic mass is 16.5. The fraction of sp³-hybridized carbons (Fsp3) is 0.750. The average molecular weight is 440 g/mol. The molecule has 0 spiro atoms. The largest absolute Gasteiger partial charge is 0.504 e. The average Bonchev–Trinajstić information content (AvgIpc) is 3.05. The highest BCUT2D eigenvalue weighted by Gasteiger charge is 2.64. The zero-order valence-electron chi connectivity index (χ0n) is 20.1. The minimum atomic E-state index is -0.752. The Hall–Kier alpha value is -1.55. The maximum Gasteiger partial charge on any atom is 0.166 e. The summed E-state index contributed by atoms with van der Waals surface area (Å²) in [5.41, 5.74) is 0.364. The third-order valence-electron chi connectivity index (χ3n) is 10.7. The summed E-state index contributed by atoms with van der Waals surface area (Å²) in [4.78, 5) is 4.66. The summed E-state index contributed by atoms with van der Waals surface area (Å²) in [6, 6.07) is 5.42. The number of methoxy groups -OCH3 is 1. The predicted molar refractivity (Wildman–Crippen MR) is 128 cm³/mol. The van der Waals surface area contributed by atoms with Crippen LogP contribution in [-0.2, 0) is 0 Å². The highest BCUT2D eigenvalue weighted by Crippen LogP contribution is 2.68. The molecule has 0 saturated heterocycles. The van der Waals surface area contributed by atoms with E-state index in [1.807, 2.05) is 12.1 Å². The molecule has 0 aliphatic heterocycles. The van der Waals surface area contributed by atoms with Gasteiger partial charge in [0.15, 0.2) is 11.5 Å². The van der Waals surface area contributed by atoms with Crippen molar-refractivity contribution in [3.05, 3.63) is 23.8 Å². The van der Waals surface area contributed by atoms with Crippen LogP contribution in [0.5, 0.6) is 11.5 Å². The summed E-state index contributed by atoms with van der Waals surface area (Å²) in [5, 5.41) is 22.2. The molecule has 1 aromatic carbocycles.